The summed E-state index contributed by atoms with van der Waals surface area (Å²) in [7, 11) is 0. The lowest BCUT2D eigenvalue weighted by molar-refractivity contribution is 0.374. The third-order valence-corrected chi connectivity index (χ3v) is 3.76. The zero-order chi connectivity index (χ0) is 11.3. The molecule has 0 amide bonds. The van der Waals surface area contributed by atoms with Gasteiger partial charge in [-0.05, 0) is 49.6 Å². The van der Waals surface area contributed by atoms with Crippen molar-refractivity contribution < 1.29 is 0 Å². The van der Waals surface area contributed by atoms with Gasteiger partial charge in [-0.15, -0.1) is 0 Å². The van der Waals surface area contributed by atoms with E-state index in [0.717, 1.165) is 23.7 Å². The first-order chi connectivity index (χ1) is 7.13. The van der Waals surface area contributed by atoms with Gasteiger partial charge < -0.3 is 5.32 Å². The monoisotopic (exact) mass is 211 g/mol. The summed E-state index contributed by atoms with van der Waals surface area (Å²) >= 11 is 0. The van der Waals surface area contributed by atoms with Gasteiger partial charge in [0, 0.05) is 0 Å². The zero-order valence-electron chi connectivity index (χ0n) is 11.1. The van der Waals surface area contributed by atoms with E-state index in [0.29, 0.717) is 0 Å². The van der Waals surface area contributed by atoms with Crippen LogP contribution in [0.4, 0.5) is 0 Å². The quantitative estimate of drug-likeness (QED) is 0.645. The van der Waals surface area contributed by atoms with Gasteiger partial charge in [0.05, 0.1) is 0 Å². The van der Waals surface area contributed by atoms with Crippen LogP contribution in [0.3, 0.4) is 0 Å². The predicted molar refractivity (Wildman–Crippen MR) is 68.0 cm³/mol. The minimum absolute atomic E-state index is 0.848. The first kappa shape index (κ1) is 13.0. The van der Waals surface area contributed by atoms with Crippen LogP contribution in [0.25, 0.3) is 0 Å². The highest BCUT2D eigenvalue weighted by molar-refractivity contribution is 4.84. The van der Waals surface area contributed by atoms with E-state index in [1.165, 1.54) is 38.8 Å². The van der Waals surface area contributed by atoms with Crippen LogP contribution in [0.5, 0.6) is 0 Å². The van der Waals surface area contributed by atoms with Crippen molar-refractivity contribution in [3.05, 3.63) is 0 Å². The molecule has 0 spiro atoms. The molecule has 4 atom stereocenters. The Morgan fingerprint density at radius 2 is 1.93 bits per heavy atom. The Labute approximate surface area is 96.0 Å². The summed E-state index contributed by atoms with van der Waals surface area (Å²) in [4.78, 5) is 0. The summed E-state index contributed by atoms with van der Waals surface area (Å²) in [5, 5.41) is 3.62. The molecule has 0 aliphatic heterocycles. The number of hydrogen-bond donors (Lipinski definition) is 1. The van der Waals surface area contributed by atoms with Gasteiger partial charge in [0.1, 0.15) is 0 Å². The van der Waals surface area contributed by atoms with Crippen molar-refractivity contribution in [1.82, 2.24) is 5.32 Å². The van der Waals surface area contributed by atoms with Crippen molar-refractivity contribution >= 4 is 0 Å². The zero-order valence-corrected chi connectivity index (χ0v) is 11.1. The van der Waals surface area contributed by atoms with E-state index in [-0.39, 0.29) is 0 Å². The van der Waals surface area contributed by atoms with E-state index in [9.17, 15) is 0 Å². The van der Waals surface area contributed by atoms with Crippen LogP contribution in [0.15, 0.2) is 0 Å². The van der Waals surface area contributed by atoms with Crippen LogP contribution >= 0.6 is 0 Å². The van der Waals surface area contributed by atoms with Crippen LogP contribution in [-0.2, 0) is 0 Å². The fourth-order valence-electron chi connectivity index (χ4n) is 2.58. The molecule has 1 fully saturated rings. The summed E-state index contributed by atoms with van der Waals surface area (Å²) in [5.41, 5.74) is 0. The summed E-state index contributed by atoms with van der Waals surface area (Å²) < 4.78 is 0. The molecule has 0 heterocycles. The first-order valence-corrected chi connectivity index (χ1v) is 6.84. The van der Waals surface area contributed by atoms with Crippen molar-refractivity contribution in [2.45, 2.75) is 53.4 Å². The first-order valence-electron chi connectivity index (χ1n) is 6.84. The lowest BCUT2D eigenvalue weighted by Gasteiger charge is -2.17. The smallest absolute Gasteiger partial charge is 0.00178 e. The second-order valence-electron chi connectivity index (χ2n) is 5.87. The minimum Gasteiger partial charge on any atom is -0.316 e. The van der Waals surface area contributed by atoms with Crippen LogP contribution in [0.2, 0.25) is 0 Å². The number of rotatable bonds is 8. The van der Waals surface area contributed by atoms with Gasteiger partial charge in [-0.2, -0.15) is 0 Å². The second-order valence-corrected chi connectivity index (χ2v) is 5.87. The molecule has 0 aromatic heterocycles. The highest BCUT2D eigenvalue weighted by atomic mass is 14.9. The molecule has 0 radical (unpaired) electrons. The largest absolute Gasteiger partial charge is 0.316 e. The summed E-state index contributed by atoms with van der Waals surface area (Å²) in [6, 6.07) is 0. The van der Waals surface area contributed by atoms with E-state index in [4.69, 9.17) is 0 Å². The third kappa shape index (κ3) is 5.55. The van der Waals surface area contributed by atoms with Crippen molar-refractivity contribution in [1.29, 1.82) is 0 Å². The van der Waals surface area contributed by atoms with Gasteiger partial charge in [0.15, 0.2) is 0 Å². The summed E-state index contributed by atoms with van der Waals surface area (Å²) in [5.74, 6) is 3.74. The maximum absolute atomic E-state index is 3.62. The fourth-order valence-corrected chi connectivity index (χ4v) is 2.58. The van der Waals surface area contributed by atoms with E-state index in [1.54, 1.807) is 0 Å². The molecule has 15 heavy (non-hydrogen) atoms. The molecule has 4 unspecified atom stereocenters. The second kappa shape index (κ2) is 6.52. The number of nitrogens with one attached hydrogen (secondary N) is 1. The Balaban J connectivity index is 1.95. The van der Waals surface area contributed by atoms with Gasteiger partial charge in [-0.25, -0.2) is 0 Å². The Morgan fingerprint density at radius 3 is 2.47 bits per heavy atom. The molecule has 0 bridgehead atoms. The molecule has 1 nitrogen and oxygen atoms in total. The normalized spacial score (nSPS) is 28.8. The minimum atomic E-state index is 0.848. The average Bonchev–Trinajstić information content (AvgIpc) is 2.82. The number of hydrogen-bond acceptors (Lipinski definition) is 1. The van der Waals surface area contributed by atoms with Crippen LogP contribution in [0.1, 0.15) is 53.4 Å². The van der Waals surface area contributed by atoms with Crippen LogP contribution < -0.4 is 5.32 Å². The molecule has 1 saturated carbocycles. The predicted octanol–water partition coefficient (Wildman–Crippen LogP) is 3.69. The SMILES string of the molecule is CCCC(C)CC(C)CNCC1CC1C. The molecule has 1 aliphatic rings. The molecule has 1 aliphatic carbocycles. The standard InChI is InChI=1S/C14H29N/c1-5-6-11(2)7-12(3)9-15-10-14-8-13(14)4/h11-15H,5-10H2,1-4H3. The van der Waals surface area contributed by atoms with Crippen molar-refractivity contribution in [2.75, 3.05) is 13.1 Å². The van der Waals surface area contributed by atoms with Crippen molar-refractivity contribution in [3.8, 4) is 0 Å². The molecular weight excluding hydrogens is 182 g/mol. The summed E-state index contributed by atoms with van der Waals surface area (Å²) in [6.07, 6.45) is 5.57. The molecule has 1 heteroatoms. The van der Waals surface area contributed by atoms with E-state index >= 15 is 0 Å². The highest BCUT2D eigenvalue weighted by Gasteiger charge is 2.31. The Bertz CT molecular complexity index is 167. The lowest BCUT2D eigenvalue weighted by Crippen LogP contribution is -2.24. The molecule has 0 aromatic rings. The van der Waals surface area contributed by atoms with Crippen molar-refractivity contribution in [3.63, 3.8) is 0 Å². The van der Waals surface area contributed by atoms with Gasteiger partial charge in [-0.3, -0.25) is 0 Å². The third-order valence-electron chi connectivity index (χ3n) is 3.76. The molecule has 1 rings (SSSR count). The van der Waals surface area contributed by atoms with E-state index in [1.807, 2.05) is 0 Å². The van der Waals surface area contributed by atoms with Gasteiger partial charge in [-0.1, -0.05) is 40.5 Å². The van der Waals surface area contributed by atoms with Gasteiger partial charge >= 0.3 is 0 Å². The average molecular weight is 211 g/mol. The van der Waals surface area contributed by atoms with Crippen LogP contribution in [0, 0.1) is 23.7 Å². The topological polar surface area (TPSA) is 12.0 Å². The van der Waals surface area contributed by atoms with Gasteiger partial charge in [0.2, 0.25) is 0 Å². The Morgan fingerprint density at radius 1 is 1.27 bits per heavy atom. The molecule has 0 saturated heterocycles. The highest BCUT2D eigenvalue weighted by Crippen LogP contribution is 2.36. The van der Waals surface area contributed by atoms with Crippen molar-refractivity contribution in [2.24, 2.45) is 23.7 Å². The van der Waals surface area contributed by atoms with E-state index < -0.39 is 0 Å². The van der Waals surface area contributed by atoms with Gasteiger partial charge in [0.25, 0.3) is 0 Å². The molecular formula is C14H29N. The fraction of sp³-hybridized carbons (Fsp3) is 1.00. The van der Waals surface area contributed by atoms with E-state index in [2.05, 4.69) is 33.0 Å². The Hall–Kier alpha value is -0.0400. The summed E-state index contributed by atoms with van der Waals surface area (Å²) in [6.45, 7) is 11.9. The molecule has 0 aromatic carbocycles. The lowest BCUT2D eigenvalue weighted by atomic mass is 9.94. The van der Waals surface area contributed by atoms with Crippen LogP contribution in [-0.4, -0.2) is 13.1 Å². The molecule has 90 valence electrons. The maximum Gasteiger partial charge on any atom is -0.00178 e. The Kier molecular flexibility index (Phi) is 5.66. The molecule has 1 N–H and O–H groups in total. The maximum atomic E-state index is 3.62.